The van der Waals surface area contributed by atoms with Gasteiger partial charge in [0.2, 0.25) is 0 Å². The number of hydrogen-bond acceptors (Lipinski definition) is 4. The maximum atomic E-state index is 5.89. The number of nitrogens with zero attached hydrogens (tertiary/aromatic N) is 1. The van der Waals surface area contributed by atoms with Gasteiger partial charge in [0.25, 0.3) is 0 Å². The number of hydrazine groups is 1. The van der Waals surface area contributed by atoms with E-state index in [1.165, 1.54) is 0 Å². The van der Waals surface area contributed by atoms with Gasteiger partial charge < -0.3 is 9.32 Å². The lowest BCUT2D eigenvalue weighted by atomic mass is 9.91. The van der Waals surface area contributed by atoms with Gasteiger partial charge in [-0.25, -0.2) is 5.43 Å². The molecule has 2 aromatic rings. The third kappa shape index (κ3) is 2.14. The minimum Gasteiger partial charge on any atom is -0.459 e. The van der Waals surface area contributed by atoms with E-state index in [0.29, 0.717) is 0 Å². The van der Waals surface area contributed by atoms with Crippen LogP contribution in [0.1, 0.15) is 25.6 Å². The first kappa shape index (κ1) is 13.1. The van der Waals surface area contributed by atoms with E-state index >= 15 is 0 Å². The van der Waals surface area contributed by atoms with E-state index in [1.54, 1.807) is 0 Å². The molecule has 0 fully saturated rings. The summed E-state index contributed by atoms with van der Waals surface area (Å²) in [6.07, 6.45) is 0. The van der Waals surface area contributed by atoms with Crippen molar-refractivity contribution in [3.05, 3.63) is 36.1 Å². The van der Waals surface area contributed by atoms with Crippen LogP contribution in [0.2, 0.25) is 0 Å². The van der Waals surface area contributed by atoms with E-state index in [0.717, 1.165) is 16.7 Å². The fourth-order valence-electron chi connectivity index (χ4n) is 2.04. The molecule has 0 aliphatic heterocycles. The number of para-hydroxylation sites is 1. The molecule has 0 aliphatic rings. The summed E-state index contributed by atoms with van der Waals surface area (Å²) < 4.78 is 5.89. The molecule has 18 heavy (non-hydrogen) atoms. The summed E-state index contributed by atoms with van der Waals surface area (Å²) in [7, 11) is 4.07. The highest BCUT2D eigenvalue weighted by Crippen LogP contribution is 2.32. The van der Waals surface area contributed by atoms with E-state index in [2.05, 4.69) is 24.2 Å². The Bertz CT molecular complexity index is 498. The third-order valence-electron chi connectivity index (χ3n) is 3.75. The molecule has 1 unspecified atom stereocenters. The Morgan fingerprint density at radius 2 is 1.94 bits per heavy atom. The molecule has 0 saturated carbocycles. The van der Waals surface area contributed by atoms with Crippen LogP contribution in [-0.2, 0) is 0 Å². The Morgan fingerprint density at radius 3 is 2.50 bits per heavy atom. The first-order valence-corrected chi connectivity index (χ1v) is 6.09. The second-order valence-electron chi connectivity index (χ2n) is 5.33. The zero-order valence-electron chi connectivity index (χ0n) is 11.4. The molecule has 0 spiro atoms. The monoisotopic (exact) mass is 247 g/mol. The van der Waals surface area contributed by atoms with Crippen molar-refractivity contribution in [2.45, 2.75) is 25.4 Å². The van der Waals surface area contributed by atoms with Crippen molar-refractivity contribution in [3.8, 4) is 0 Å². The molecule has 1 heterocycles. The lowest BCUT2D eigenvalue weighted by Gasteiger charge is -2.38. The van der Waals surface area contributed by atoms with Crippen molar-refractivity contribution < 1.29 is 4.42 Å². The number of likely N-dealkylation sites (N-methyl/N-ethyl adjacent to an activating group) is 1. The molecule has 2 rings (SSSR count). The Labute approximate surface area is 108 Å². The van der Waals surface area contributed by atoms with Crippen LogP contribution in [-0.4, -0.2) is 24.5 Å². The highest BCUT2D eigenvalue weighted by molar-refractivity contribution is 5.77. The standard InChI is InChI=1S/C14H21N3O/c1-14(2,17(3)4)13(16-15)12-9-10-7-5-6-8-11(10)18-12/h5-9,13,16H,15H2,1-4H3. The molecule has 0 aliphatic carbocycles. The van der Waals surface area contributed by atoms with Crippen LogP contribution in [0.5, 0.6) is 0 Å². The highest BCUT2D eigenvalue weighted by Gasteiger charge is 2.34. The molecule has 3 N–H and O–H groups in total. The third-order valence-corrected chi connectivity index (χ3v) is 3.75. The average Bonchev–Trinajstić information content (AvgIpc) is 2.72. The summed E-state index contributed by atoms with van der Waals surface area (Å²) in [5.74, 6) is 6.57. The Kier molecular flexibility index (Phi) is 3.43. The molecule has 1 aromatic heterocycles. The van der Waals surface area contributed by atoms with E-state index in [9.17, 15) is 0 Å². The van der Waals surface area contributed by atoms with Crippen LogP contribution in [0.3, 0.4) is 0 Å². The van der Waals surface area contributed by atoms with Crippen LogP contribution < -0.4 is 11.3 Å². The maximum absolute atomic E-state index is 5.89. The predicted molar refractivity (Wildman–Crippen MR) is 74.0 cm³/mol. The first-order valence-electron chi connectivity index (χ1n) is 6.09. The summed E-state index contributed by atoms with van der Waals surface area (Å²) in [4.78, 5) is 2.13. The Hall–Kier alpha value is -1.36. The number of hydrogen-bond donors (Lipinski definition) is 2. The minimum absolute atomic E-state index is 0.0695. The molecule has 0 saturated heterocycles. The normalized spacial score (nSPS) is 14.3. The molecule has 1 atom stereocenters. The SMILES string of the molecule is CN(C)C(C)(C)C(NN)c1cc2ccccc2o1. The van der Waals surface area contributed by atoms with Gasteiger partial charge in [-0.1, -0.05) is 18.2 Å². The number of rotatable bonds is 4. The number of nitrogens with two attached hydrogens (primary N) is 1. The summed E-state index contributed by atoms with van der Waals surface area (Å²) >= 11 is 0. The largest absolute Gasteiger partial charge is 0.459 e. The van der Waals surface area contributed by atoms with Crippen LogP contribution in [0.15, 0.2) is 34.7 Å². The van der Waals surface area contributed by atoms with Gasteiger partial charge in [-0.3, -0.25) is 5.84 Å². The molecular formula is C14H21N3O. The van der Waals surface area contributed by atoms with Crippen molar-refractivity contribution in [1.82, 2.24) is 10.3 Å². The molecule has 4 nitrogen and oxygen atoms in total. The number of benzene rings is 1. The fraction of sp³-hybridized carbons (Fsp3) is 0.429. The fourth-order valence-corrected chi connectivity index (χ4v) is 2.04. The van der Waals surface area contributed by atoms with Crippen LogP contribution in [0, 0.1) is 0 Å². The van der Waals surface area contributed by atoms with Gasteiger partial charge in [0.05, 0.1) is 6.04 Å². The van der Waals surface area contributed by atoms with Gasteiger partial charge >= 0.3 is 0 Å². The molecule has 0 radical (unpaired) electrons. The summed E-state index contributed by atoms with van der Waals surface area (Å²) in [6.45, 7) is 4.26. The second-order valence-corrected chi connectivity index (χ2v) is 5.33. The van der Waals surface area contributed by atoms with E-state index in [1.807, 2.05) is 44.4 Å². The molecule has 4 heteroatoms. The predicted octanol–water partition coefficient (Wildman–Crippen LogP) is 2.28. The average molecular weight is 247 g/mol. The van der Waals surface area contributed by atoms with Gasteiger partial charge in [-0.15, -0.1) is 0 Å². The quantitative estimate of drug-likeness (QED) is 0.643. The zero-order valence-corrected chi connectivity index (χ0v) is 11.4. The lowest BCUT2D eigenvalue weighted by molar-refractivity contribution is 0.126. The lowest BCUT2D eigenvalue weighted by Crippen LogP contribution is -2.51. The zero-order chi connectivity index (χ0) is 13.3. The molecular weight excluding hydrogens is 226 g/mol. The van der Waals surface area contributed by atoms with Crippen molar-refractivity contribution in [2.75, 3.05) is 14.1 Å². The number of fused-ring (bicyclic) bond motifs is 1. The van der Waals surface area contributed by atoms with Gasteiger partial charge in [-0.05, 0) is 40.1 Å². The Balaban J connectivity index is 2.44. The van der Waals surface area contributed by atoms with E-state index < -0.39 is 0 Å². The van der Waals surface area contributed by atoms with Crippen molar-refractivity contribution in [3.63, 3.8) is 0 Å². The topological polar surface area (TPSA) is 54.4 Å². The minimum atomic E-state index is -0.150. The highest BCUT2D eigenvalue weighted by atomic mass is 16.3. The summed E-state index contributed by atoms with van der Waals surface area (Å²) in [6, 6.07) is 9.96. The Morgan fingerprint density at radius 1 is 1.28 bits per heavy atom. The van der Waals surface area contributed by atoms with Gasteiger partial charge in [0, 0.05) is 10.9 Å². The molecule has 98 valence electrons. The molecule has 0 amide bonds. The first-order chi connectivity index (χ1) is 8.46. The maximum Gasteiger partial charge on any atom is 0.134 e. The van der Waals surface area contributed by atoms with Crippen molar-refractivity contribution in [2.24, 2.45) is 5.84 Å². The molecule has 0 bridgehead atoms. The van der Waals surface area contributed by atoms with Gasteiger partial charge in [-0.2, -0.15) is 0 Å². The van der Waals surface area contributed by atoms with Crippen LogP contribution in [0.25, 0.3) is 11.0 Å². The second kappa shape index (κ2) is 4.72. The van der Waals surface area contributed by atoms with Crippen LogP contribution >= 0.6 is 0 Å². The summed E-state index contributed by atoms with van der Waals surface area (Å²) in [5, 5.41) is 1.10. The van der Waals surface area contributed by atoms with Crippen molar-refractivity contribution in [1.29, 1.82) is 0 Å². The van der Waals surface area contributed by atoms with Gasteiger partial charge in [0.1, 0.15) is 11.3 Å². The number of furan rings is 1. The van der Waals surface area contributed by atoms with Crippen LogP contribution in [0.4, 0.5) is 0 Å². The van der Waals surface area contributed by atoms with Crippen molar-refractivity contribution >= 4 is 11.0 Å². The van der Waals surface area contributed by atoms with Gasteiger partial charge in [0.15, 0.2) is 0 Å². The van der Waals surface area contributed by atoms with E-state index in [4.69, 9.17) is 10.3 Å². The summed E-state index contributed by atoms with van der Waals surface area (Å²) in [5.41, 5.74) is 3.61. The van der Waals surface area contributed by atoms with E-state index in [-0.39, 0.29) is 11.6 Å². The number of nitrogens with one attached hydrogen (secondary N) is 1. The molecule has 1 aromatic carbocycles. The smallest absolute Gasteiger partial charge is 0.134 e.